The van der Waals surface area contributed by atoms with Crippen molar-refractivity contribution in [3.63, 3.8) is 0 Å². The minimum atomic E-state index is -1.21. The van der Waals surface area contributed by atoms with E-state index in [9.17, 15) is 19.8 Å². The van der Waals surface area contributed by atoms with Crippen molar-refractivity contribution >= 4 is 12.3 Å². The van der Waals surface area contributed by atoms with Gasteiger partial charge in [-0.05, 0) is 24.0 Å². The highest BCUT2D eigenvalue weighted by Gasteiger charge is 2.55. The Kier molecular flexibility index (Phi) is 12.1. The number of fused-ring (bicyclic) bond motifs is 2. The summed E-state index contributed by atoms with van der Waals surface area (Å²) in [6.45, 7) is 1.55. The first-order chi connectivity index (χ1) is 23.5. The van der Waals surface area contributed by atoms with Gasteiger partial charge in [0, 0.05) is 13.2 Å². The van der Waals surface area contributed by atoms with Gasteiger partial charge < -0.3 is 57.6 Å². The molecule has 14 heteroatoms. The minimum absolute atomic E-state index is 0.122. The number of ether oxygens (including phenoxy) is 10. The number of aliphatic hydroxyl groups is 2. The molecule has 2 N–H and O–H groups in total. The quantitative estimate of drug-likeness (QED) is 0.186. The van der Waals surface area contributed by atoms with Crippen LogP contribution >= 0.6 is 0 Å². The number of hydrogen-bond donors (Lipinski definition) is 2. The van der Waals surface area contributed by atoms with Gasteiger partial charge >= 0.3 is 12.3 Å². The topological polar surface area (TPSA) is 167 Å². The fraction of sp³-hybridized carbons (Fsp3) is 0.588. The van der Waals surface area contributed by atoms with Crippen molar-refractivity contribution in [3.8, 4) is 0 Å². The fourth-order valence-electron chi connectivity index (χ4n) is 6.08. The summed E-state index contributed by atoms with van der Waals surface area (Å²) in [4.78, 5) is 23.6. The number of unbranched alkanes of at least 4 members (excludes halogenated alkanes) is 3. The number of carbonyl (C=O) groups excluding carboxylic acids is 2. The molecule has 0 unspecified atom stereocenters. The Morgan fingerprint density at radius 1 is 0.542 bits per heavy atom. The van der Waals surface area contributed by atoms with Gasteiger partial charge in [-0.1, -0.05) is 73.5 Å². The van der Waals surface area contributed by atoms with E-state index < -0.39 is 73.7 Å². The summed E-state index contributed by atoms with van der Waals surface area (Å²) >= 11 is 0. The van der Waals surface area contributed by atoms with Crippen LogP contribution in [0.25, 0.3) is 0 Å². The highest BCUT2D eigenvalue weighted by atomic mass is 16.8. The second-order valence-corrected chi connectivity index (χ2v) is 12.1. The largest absolute Gasteiger partial charge is 0.509 e. The second-order valence-electron chi connectivity index (χ2n) is 12.1. The molecule has 4 aliphatic heterocycles. The molecular formula is C34H42O14. The lowest BCUT2D eigenvalue weighted by Gasteiger charge is -2.38. The number of rotatable bonds is 17. The summed E-state index contributed by atoms with van der Waals surface area (Å²) in [6, 6.07) is 19.3. The Hall–Kier alpha value is -3.34. The Balaban J connectivity index is 0.886. The molecule has 6 rings (SSSR count). The molecule has 4 fully saturated rings. The van der Waals surface area contributed by atoms with Crippen molar-refractivity contribution in [1.82, 2.24) is 0 Å². The smallest absolute Gasteiger partial charge is 0.424 e. The van der Waals surface area contributed by atoms with Gasteiger partial charge in [0.15, 0.2) is 37.0 Å². The van der Waals surface area contributed by atoms with Crippen LogP contribution in [0.2, 0.25) is 0 Å². The number of hydrogen-bond acceptors (Lipinski definition) is 14. The van der Waals surface area contributed by atoms with Gasteiger partial charge in [0.05, 0.1) is 26.4 Å². The Morgan fingerprint density at radius 2 is 0.938 bits per heavy atom. The van der Waals surface area contributed by atoms with Crippen molar-refractivity contribution in [2.75, 3.05) is 26.4 Å². The third-order valence-corrected chi connectivity index (χ3v) is 8.55. The van der Waals surface area contributed by atoms with E-state index in [1.807, 2.05) is 60.7 Å². The summed E-state index contributed by atoms with van der Waals surface area (Å²) in [7, 11) is 0. The fourth-order valence-corrected chi connectivity index (χ4v) is 6.08. The average molecular weight is 675 g/mol. The van der Waals surface area contributed by atoms with Gasteiger partial charge in [-0.3, -0.25) is 0 Å². The predicted octanol–water partition coefficient (Wildman–Crippen LogP) is 2.99. The van der Waals surface area contributed by atoms with Gasteiger partial charge in [-0.25, -0.2) is 9.59 Å². The molecule has 2 aromatic rings. The lowest BCUT2D eigenvalue weighted by Crippen LogP contribution is -2.58. The molecule has 0 aliphatic carbocycles. The molecular weight excluding hydrogens is 632 g/mol. The van der Waals surface area contributed by atoms with Gasteiger partial charge in [-0.15, -0.1) is 0 Å². The van der Waals surface area contributed by atoms with E-state index in [-0.39, 0.29) is 13.2 Å². The summed E-state index contributed by atoms with van der Waals surface area (Å²) in [5, 5.41) is 21.5. The van der Waals surface area contributed by atoms with E-state index in [1.54, 1.807) is 0 Å². The molecule has 4 saturated heterocycles. The van der Waals surface area contributed by atoms with Crippen molar-refractivity contribution in [1.29, 1.82) is 0 Å². The molecule has 0 aromatic heterocycles. The van der Waals surface area contributed by atoms with Crippen LogP contribution in [-0.4, -0.2) is 110 Å². The van der Waals surface area contributed by atoms with Crippen LogP contribution in [0, 0.1) is 0 Å². The van der Waals surface area contributed by atoms with Gasteiger partial charge in [0.1, 0.15) is 24.4 Å². The molecule has 0 radical (unpaired) electrons. The first-order valence-electron chi connectivity index (χ1n) is 16.3. The van der Waals surface area contributed by atoms with E-state index in [0.29, 0.717) is 39.3 Å². The molecule has 2 aromatic carbocycles. The molecule has 262 valence electrons. The third-order valence-electron chi connectivity index (χ3n) is 8.55. The van der Waals surface area contributed by atoms with E-state index in [2.05, 4.69) is 0 Å². The van der Waals surface area contributed by atoms with Crippen molar-refractivity contribution in [3.05, 3.63) is 71.8 Å². The maximum absolute atomic E-state index is 11.8. The number of carbonyl (C=O) groups is 2. The minimum Gasteiger partial charge on any atom is -0.424 e. The normalized spacial score (nSPS) is 32.5. The van der Waals surface area contributed by atoms with Crippen LogP contribution in [0.5, 0.6) is 0 Å². The second kappa shape index (κ2) is 16.9. The molecule has 10 atom stereocenters. The predicted molar refractivity (Wildman–Crippen MR) is 162 cm³/mol. The Morgan fingerprint density at radius 3 is 1.35 bits per heavy atom. The monoisotopic (exact) mass is 674 g/mol. The zero-order valence-electron chi connectivity index (χ0n) is 26.4. The standard InChI is InChI=1S/C34H42O14/c35-25-29-27(45-33(37)47-29)23(19-39-17-21-11-5-3-6-12-21)43-31(25)41-15-9-1-2-10-16-42-32-26(36)30-28(46-34(38)48-30)24(44-32)20-40-18-22-13-7-4-8-14-22/h3-8,11-14,23-32,35-36H,1-2,9-10,15-20H2/t23-,24-,25-,26-,27+,28+,29-,30-,31-,32-/m1/s1. The first-order valence-corrected chi connectivity index (χ1v) is 16.3. The summed E-state index contributed by atoms with van der Waals surface area (Å²) in [6.07, 6.45) is -8.01. The molecule has 0 amide bonds. The lowest BCUT2D eigenvalue weighted by atomic mass is 9.99. The first kappa shape index (κ1) is 34.5. The molecule has 48 heavy (non-hydrogen) atoms. The van der Waals surface area contributed by atoms with Gasteiger partial charge in [-0.2, -0.15) is 0 Å². The zero-order valence-corrected chi connectivity index (χ0v) is 26.4. The van der Waals surface area contributed by atoms with E-state index in [1.165, 1.54) is 0 Å². The van der Waals surface area contributed by atoms with Crippen LogP contribution in [0.4, 0.5) is 9.59 Å². The van der Waals surface area contributed by atoms with E-state index in [4.69, 9.17) is 47.4 Å². The average Bonchev–Trinajstić information content (AvgIpc) is 3.69. The lowest BCUT2D eigenvalue weighted by molar-refractivity contribution is -0.285. The van der Waals surface area contributed by atoms with E-state index in [0.717, 1.165) is 24.0 Å². The molecule has 14 nitrogen and oxygen atoms in total. The summed E-state index contributed by atoms with van der Waals surface area (Å²) < 4.78 is 56.1. The Bertz CT molecular complexity index is 1200. The molecule has 0 bridgehead atoms. The summed E-state index contributed by atoms with van der Waals surface area (Å²) in [5.41, 5.74) is 1.97. The molecule has 0 saturated carbocycles. The highest BCUT2D eigenvalue weighted by Crippen LogP contribution is 2.33. The molecule has 4 heterocycles. The van der Waals surface area contributed by atoms with Crippen LogP contribution in [0.15, 0.2) is 60.7 Å². The SMILES string of the molecule is O=C1O[C@@H]2[C@@H](O)[C@H](OCCCCCCO[C@@H]3O[C@H](COCc4ccccc4)[C@@H]4OC(=O)O[C@@H]4[C@H]3O)O[C@H](COCc3ccccc3)[C@@H]2O1. The summed E-state index contributed by atoms with van der Waals surface area (Å²) in [5.74, 6) is 0. The molecule has 4 aliphatic rings. The maximum atomic E-state index is 11.8. The van der Waals surface area contributed by atoms with Crippen LogP contribution < -0.4 is 0 Å². The van der Waals surface area contributed by atoms with E-state index >= 15 is 0 Å². The van der Waals surface area contributed by atoms with Crippen LogP contribution in [-0.2, 0) is 60.6 Å². The maximum Gasteiger partial charge on any atom is 0.509 e. The molecule has 0 spiro atoms. The Labute approximate surface area is 278 Å². The number of aliphatic hydroxyl groups excluding tert-OH is 2. The van der Waals surface area contributed by atoms with Crippen molar-refractivity contribution in [2.24, 2.45) is 0 Å². The van der Waals surface area contributed by atoms with Crippen molar-refractivity contribution in [2.45, 2.75) is 100 Å². The van der Waals surface area contributed by atoms with Crippen LogP contribution in [0.1, 0.15) is 36.8 Å². The zero-order chi connectivity index (χ0) is 33.3. The van der Waals surface area contributed by atoms with Crippen LogP contribution in [0.3, 0.4) is 0 Å². The van der Waals surface area contributed by atoms with Gasteiger partial charge in [0.2, 0.25) is 0 Å². The van der Waals surface area contributed by atoms with Gasteiger partial charge in [0.25, 0.3) is 0 Å². The highest BCUT2D eigenvalue weighted by molar-refractivity contribution is 5.63. The third kappa shape index (κ3) is 8.81. The van der Waals surface area contributed by atoms with Crippen molar-refractivity contribution < 1.29 is 67.2 Å². The number of benzene rings is 2.